The Morgan fingerprint density at radius 1 is 1.33 bits per heavy atom. The number of hydrogen-bond donors (Lipinski definition) is 2. The van der Waals surface area contributed by atoms with E-state index in [1.165, 1.54) is 4.90 Å². The number of carbonyl (C=O) groups is 1. The average Bonchev–Trinajstić information content (AvgIpc) is 3.11. The first kappa shape index (κ1) is 18.8. The maximum Gasteiger partial charge on any atom is 0.273 e. The Hall–Kier alpha value is -1.57. The summed E-state index contributed by atoms with van der Waals surface area (Å²) < 4.78 is 1.82. The lowest BCUT2D eigenvalue weighted by atomic mass is 10.1. The number of halogens is 1. The largest absolute Gasteiger partial charge is 0.347 e. The van der Waals surface area contributed by atoms with Gasteiger partial charge in [-0.25, -0.2) is 4.68 Å². The molecule has 2 N–H and O–H groups in total. The molecule has 1 fully saturated rings. The second-order valence-corrected chi connectivity index (χ2v) is 6.48. The summed E-state index contributed by atoms with van der Waals surface area (Å²) in [4.78, 5) is 13.4. The van der Waals surface area contributed by atoms with Crippen molar-refractivity contribution in [2.24, 2.45) is 0 Å². The highest BCUT2D eigenvalue weighted by Gasteiger charge is 2.18. The minimum Gasteiger partial charge on any atom is -0.347 e. The smallest absolute Gasteiger partial charge is 0.273 e. The maximum absolute atomic E-state index is 12.2. The molecule has 0 aliphatic carbocycles. The van der Waals surface area contributed by atoms with Crippen LogP contribution in [-0.2, 0) is 6.54 Å². The quantitative estimate of drug-likeness (QED) is 0.793. The van der Waals surface area contributed by atoms with Gasteiger partial charge in [-0.05, 0) is 49.9 Å². The van der Waals surface area contributed by atoms with Gasteiger partial charge in [-0.3, -0.25) is 4.79 Å². The predicted octanol–water partition coefficient (Wildman–Crippen LogP) is 2.28. The SMILES string of the molecule is CSc1ccc(CNC(=O)c2cn(C3CCNCC3)nn2)cc1.Cl. The first-order valence-corrected chi connectivity index (χ1v) is 9.02. The molecule has 2 heterocycles. The summed E-state index contributed by atoms with van der Waals surface area (Å²) in [5.74, 6) is -0.181. The van der Waals surface area contributed by atoms with Gasteiger partial charge in [0.15, 0.2) is 5.69 Å². The zero-order valence-corrected chi connectivity index (χ0v) is 15.2. The predicted molar refractivity (Wildman–Crippen MR) is 97.8 cm³/mol. The Balaban J connectivity index is 0.00000208. The van der Waals surface area contributed by atoms with Crippen molar-refractivity contribution in [2.75, 3.05) is 19.3 Å². The van der Waals surface area contributed by atoms with Gasteiger partial charge in [0.05, 0.1) is 12.2 Å². The second-order valence-electron chi connectivity index (χ2n) is 5.60. The summed E-state index contributed by atoms with van der Waals surface area (Å²) >= 11 is 1.70. The normalized spacial score (nSPS) is 14.9. The Morgan fingerprint density at radius 3 is 2.71 bits per heavy atom. The fraction of sp³-hybridized carbons (Fsp3) is 0.438. The van der Waals surface area contributed by atoms with Crippen LogP contribution in [0.3, 0.4) is 0 Å². The third-order valence-corrected chi connectivity index (χ3v) is 4.78. The minimum atomic E-state index is -0.181. The highest BCUT2D eigenvalue weighted by Crippen LogP contribution is 2.17. The van der Waals surface area contributed by atoms with Gasteiger partial charge < -0.3 is 10.6 Å². The number of nitrogens with zero attached hydrogens (tertiary/aromatic N) is 3. The Labute approximate surface area is 152 Å². The number of piperidine rings is 1. The number of nitrogens with one attached hydrogen (secondary N) is 2. The van der Waals surface area contributed by atoms with Gasteiger partial charge in [-0.2, -0.15) is 0 Å². The highest BCUT2D eigenvalue weighted by molar-refractivity contribution is 7.98. The number of hydrogen-bond acceptors (Lipinski definition) is 5. The van der Waals surface area contributed by atoms with E-state index in [1.54, 1.807) is 18.0 Å². The van der Waals surface area contributed by atoms with Gasteiger partial charge in [0.25, 0.3) is 5.91 Å². The molecule has 1 aliphatic rings. The molecule has 1 aromatic heterocycles. The number of amides is 1. The van der Waals surface area contributed by atoms with Crippen LogP contribution >= 0.6 is 24.2 Å². The Bertz CT molecular complexity index is 655. The van der Waals surface area contributed by atoms with E-state index in [1.807, 2.05) is 23.1 Å². The lowest BCUT2D eigenvalue weighted by molar-refractivity contribution is 0.0946. The van der Waals surface area contributed by atoms with Crippen LogP contribution in [0.4, 0.5) is 0 Å². The molecular weight excluding hydrogens is 346 g/mol. The van der Waals surface area contributed by atoms with Crippen LogP contribution in [0.5, 0.6) is 0 Å². The van der Waals surface area contributed by atoms with E-state index in [2.05, 4.69) is 33.1 Å². The van der Waals surface area contributed by atoms with Crippen LogP contribution < -0.4 is 10.6 Å². The van der Waals surface area contributed by atoms with Crippen molar-refractivity contribution in [3.05, 3.63) is 41.7 Å². The van der Waals surface area contributed by atoms with Crippen molar-refractivity contribution < 1.29 is 4.79 Å². The molecule has 1 aromatic carbocycles. The fourth-order valence-electron chi connectivity index (χ4n) is 2.65. The number of benzene rings is 1. The molecule has 130 valence electrons. The van der Waals surface area contributed by atoms with Crippen LogP contribution in [0.15, 0.2) is 35.4 Å². The van der Waals surface area contributed by atoms with Gasteiger partial charge in [0, 0.05) is 11.4 Å². The summed E-state index contributed by atoms with van der Waals surface area (Å²) in [6.07, 6.45) is 5.84. The first-order chi connectivity index (χ1) is 11.3. The van der Waals surface area contributed by atoms with Crippen molar-refractivity contribution in [3.8, 4) is 0 Å². The standard InChI is InChI=1S/C16H21N5OS.ClH/c1-23-14-4-2-12(3-5-14)10-18-16(22)15-11-21(20-19-15)13-6-8-17-9-7-13;/h2-5,11,13,17H,6-10H2,1H3,(H,18,22);1H. The van der Waals surface area contributed by atoms with E-state index in [4.69, 9.17) is 0 Å². The molecule has 0 unspecified atom stereocenters. The molecule has 0 radical (unpaired) electrons. The third kappa shape index (κ3) is 4.72. The third-order valence-electron chi connectivity index (χ3n) is 4.04. The van der Waals surface area contributed by atoms with Crippen LogP contribution in [0.2, 0.25) is 0 Å². The molecule has 1 amide bonds. The summed E-state index contributed by atoms with van der Waals surface area (Å²) in [5.41, 5.74) is 1.45. The van der Waals surface area contributed by atoms with E-state index >= 15 is 0 Å². The number of thioether (sulfide) groups is 1. The van der Waals surface area contributed by atoms with E-state index in [-0.39, 0.29) is 18.3 Å². The molecule has 0 spiro atoms. The molecule has 0 atom stereocenters. The second kappa shape index (κ2) is 9.05. The fourth-order valence-corrected chi connectivity index (χ4v) is 3.05. The maximum atomic E-state index is 12.2. The Kier molecular flexibility index (Phi) is 7.08. The van der Waals surface area contributed by atoms with E-state index < -0.39 is 0 Å². The summed E-state index contributed by atoms with van der Waals surface area (Å²) in [6.45, 7) is 2.46. The zero-order chi connectivity index (χ0) is 16.1. The van der Waals surface area contributed by atoms with Crippen LogP contribution in [0.1, 0.15) is 34.9 Å². The molecular formula is C16H22ClN5OS. The minimum absolute atomic E-state index is 0. The van der Waals surface area contributed by atoms with E-state index in [0.29, 0.717) is 18.3 Å². The van der Waals surface area contributed by atoms with Gasteiger partial charge in [0.2, 0.25) is 0 Å². The first-order valence-electron chi connectivity index (χ1n) is 7.80. The van der Waals surface area contributed by atoms with Crippen LogP contribution in [0.25, 0.3) is 0 Å². The molecule has 24 heavy (non-hydrogen) atoms. The van der Waals surface area contributed by atoms with Crippen molar-refractivity contribution >= 4 is 30.1 Å². The molecule has 1 saturated heterocycles. The molecule has 1 aliphatic heterocycles. The van der Waals surface area contributed by atoms with Crippen molar-refractivity contribution in [3.63, 3.8) is 0 Å². The van der Waals surface area contributed by atoms with Crippen molar-refractivity contribution in [1.82, 2.24) is 25.6 Å². The topological polar surface area (TPSA) is 71.8 Å². The Morgan fingerprint density at radius 2 is 2.04 bits per heavy atom. The van der Waals surface area contributed by atoms with Crippen molar-refractivity contribution in [2.45, 2.75) is 30.3 Å². The highest BCUT2D eigenvalue weighted by atomic mass is 35.5. The van der Waals surface area contributed by atoms with Gasteiger partial charge in [-0.1, -0.05) is 17.3 Å². The summed E-state index contributed by atoms with van der Waals surface area (Å²) in [6, 6.07) is 8.50. The van der Waals surface area contributed by atoms with E-state index in [0.717, 1.165) is 31.5 Å². The van der Waals surface area contributed by atoms with Gasteiger partial charge in [0.1, 0.15) is 0 Å². The van der Waals surface area contributed by atoms with E-state index in [9.17, 15) is 4.79 Å². The zero-order valence-electron chi connectivity index (χ0n) is 13.6. The van der Waals surface area contributed by atoms with Crippen molar-refractivity contribution in [1.29, 1.82) is 0 Å². The van der Waals surface area contributed by atoms with Crippen LogP contribution in [0, 0.1) is 0 Å². The molecule has 3 rings (SSSR count). The monoisotopic (exact) mass is 367 g/mol. The molecule has 8 heteroatoms. The number of rotatable bonds is 5. The lowest BCUT2D eigenvalue weighted by Gasteiger charge is -2.22. The van der Waals surface area contributed by atoms with Gasteiger partial charge >= 0.3 is 0 Å². The molecule has 0 bridgehead atoms. The number of aromatic nitrogens is 3. The van der Waals surface area contributed by atoms with Gasteiger partial charge in [-0.15, -0.1) is 29.3 Å². The summed E-state index contributed by atoms with van der Waals surface area (Å²) in [7, 11) is 0. The molecule has 6 nitrogen and oxygen atoms in total. The number of carbonyl (C=O) groups excluding carboxylic acids is 1. The van der Waals surface area contributed by atoms with Crippen LogP contribution in [-0.4, -0.2) is 40.2 Å². The molecule has 0 saturated carbocycles. The molecule has 2 aromatic rings. The average molecular weight is 368 g/mol. The summed E-state index contributed by atoms with van der Waals surface area (Å²) in [5, 5.41) is 14.3. The lowest BCUT2D eigenvalue weighted by Crippen LogP contribution is -2.29.